The highest BCUT2D eigenvalue weighted by Gasteiger charge is 2.40. The summed E-state index contributed by atoms with van der Waals surface area (Å²) < 4.78 is 0. The molecule has 1 saturated carbocycles. The van der Waals surface area contributed by atoms with Gasteiger partial charge >= 0.3 is 5.37 Å². The summed E-state index contributed by atoms with van der Waals surface area (Å²) in [7, 11) is 0. The first-order chi connectivity index (χ1) is 4.77. The van der Waals surface area contributed by atoms with E-state index >= 15 is 0 Å². The molecule has 0 unspecified atom stereocenters. The lowest BCUT2D eigenvalue weighted by Crippen LogP contribution is -2.22. The number of carbonyl (C=O) groups is 1. The van der Waals surface area contributed by atoms with Gasteiger partial charge in [0, 0.05) is 13.1 Å². The molecule has 0 bridgehead atoms. The van der Waals surface area contributed by atoms with E-state index in [2.05, 4.69) is 0 Å². The van der Waals surface area contributed by atoms with Crippen LogP contribution in [0.1, 0.15) is 12.8 Å². The average Bonchev–Trinajstić information content (AvgIpc) is 2.09. The van der Waals surface area contributed by atoms with Crippen LogP contribution < -0.4 is 0 Å². The van der Waals surface area contributed by atoms with Crippen molar-refractivity contribution in [2.24, 2.45) is 11.8 Å². The Morgan fingerprint density at radius 2 is 1.80 bits per heavy atom. The fourth-order valence-corrected chi connectivity index (χ4v) is 2.04. The number of likely N-dealkylation sites (tertiary alicyclic amines) is 1. The third-order valence-corrected chi connectivity index (χ3v) is 2.97. The lowest BCUT2D eigenvalue weighted by atomic mass is 9.77. The van der Waals surface area contributed by atoms with E-state index in [-0.39, 0.29) is 5.37 Å². The maximum atomic E-state index is 10.7. The average molecular weight is 160 g/mol. The van der Waals surface area contributed by atoms with E-state index in [4.69, 9.17) is 11.6 Å². The molecule has 3 heteroatoms. The van der Waals surface area contributed by atoms with Crippen molar-refractivity contribution in [3.05, 3.63) is 0 Å². The smallest absolute Gasteiger partial charge is 0.316 e. The van der Waals surface area contributed by atoms with Crippen LogP contribution in [-0.4, -0.2) is 23.4 Å². The SMILES string of the molecule is O=C(Cl)N1C[C@H]2CC[C@H]2C1. The second-order valence-electron chi connectivity index (χ2n) is 3.26. The molecule has 0 aromatic carbocycles. The van der Waals surface area contributed by atoms with Crippen molar-refractivity contribution in [1.82, 2.24) is 4.90 Å². The van der Waals surface area contributed by atoms with Gasteiger partial charge in [-0.2, -0.15) is 0 Å². The molecule has 0 aromatic heterocycles. The molecule has 56 valence electrons. The molecule has 0 spiro atoms. The van der Waals surface area contributed by atoms with Crippen LogP contribution >= 0.6 is 11.6 Å². The summed E-state index contributed by atoms with van der Waals surface area (Å²) in [5, 5.41) is -0.269. The molecule has 1 aliphatic carbocycles. The van der Waals surface area contributed by atoms with Gasteiger partial charge in [-0.3, -0.25) is 4.79 Å². The molecule has 1 saturated heterocycles. The van der Waals surface area contributed by atoms with Crippen LogP contribution in [0, 0.1) is 11.8 Å². The van der Waals surface area contributed by atoms with Crippen LogP contribution in [0.3, 0.4) is 0 Å². The van der Waals surface area contributed by atoms with E-state index < -0.39 is 0 Å². The molecular formula is C7H10ClNO. The Bertz CT molecular complexity index is 159. The summed E-state index contributed by atoms with van der Waals surface area (Å²) in [5.74, 6) is 1.56. The minimum atomic E-state index is -0.269. The molecule has 1 heterocycles. The second kappa shape index (κ2) is 2.12. The molecule has 2 atom stereocenters. The first kappa shape index (κ1) is 6.47. The van der Waals surface area contributed by atoms with Gasteiger partial charge in [-0.1, -0.05) is 0 Å². The van der Waals surface area contributed by atoms with E-state index in [0.29, 0.717) is 0 Å². The number of amides is 1. The van der Waals surface area contributed by atoms with Gasteiger partial charge in [-0.15, -0.1) is 0 Å². The lowest BCUT2D eigenvalue weighted by Gasteiger charge is -2.27. The van der Waals surface area contributed by atoms with Crippen LogP contribution in [0.4, 0.5) is 4.79 Å². The number of carbonyl (C=O) groups excluding carboxylic acids is 1. The Morgan fingerprint density at radius 1 is 1.30 bits per heavy atom. The molecule has 1 aliphatic heterocycles. The number of hydrogen-bond acceptors (Lipinski definition) is 1. The van der Waals surface area contributed by atoms with Gasteiger partial charge in [0.25, 0.3) is 0 Å². The zero-order valence-electron chi connectivity index (χ0n) is 5.72. The summed E-state index contributed by atoms with van der Waals surface area (Å²) in [6.07, 6.45) is 2.59. The van der Waals surface area contributed by atoms with Crippen LogP contribution in [0.15, 0.2) is 0 Å². The van der Waals surface area contributed by atoms with Crippen molar-refractivity contribution in [1.29, 1.82) is 0 Å². The van der Waals surface area contributed by atoms with Gasteiger partial charge in [-0.05, 0) is 36.3 Å². The zero-order valence-corrected chi connectivity index (χ0v) is 6.47. The van der Waals surface area contributed by atoms with E-state index in [0.717, 1.165) is 24.9 Å². The molecule has 10 heavy (non-hydrogen) atoms. The standard InChI is InChI=1S/C7H10ClNO/c8-7(10)9-3-5-1-2-6(5)4-9/h5-6H,1-4H2/t5-,6+. The van der Waals surface area contributed by atoms with Crippen molar-refractivity contribution in [2.75, 3.05) is 13.1 Å². The third-order valence-electron chi connectivity index (χ3n) is 2.73. The van der Waals surface area contributed by atoms with E-state index in [1.807, 2.05) is 0 Å². The first-order valence-electron chi connectivity index (χ1n) is 3.72. The summed E-state index contributed by atoms with van der Waals surface area (Å²) in [6, 6.07) is 0. The van der Waals surface area contributed by atoms with E-state index in [1.54, 1.807) is 4.90 Å². The topological polar surface area (TPSA) is 20.3 Å². The fourth-order valence-electron chi connectivity index (χ4n) is 1.90. The summed E-state index contributed by atoms with van der Waals surface area (Å²) in [4.78, 5) is 12.4. The zero-order chi connectivity index (χ0) is 7.14. The second-order valence-corrected chi connectivity index (χ2v) is 3.58. The number of nitrogens with zero attached hydrogens (tertiary/aromatic N) is 1. The van der Waals surface area contributed by atoms with Crippen LogP contribution in [0.5, 0.6) is 0 Å². The largest absolute Gasteiger partial charge is 0.329 e. The molecule has 2 nitrogen and oxygen atoms in total. The van der Waals surface area contributed by atoms with Gasteiger partial charge in [0.2, 0.25) is 0 Å². The molecule has 1 amide bonds. The van der Waals surface area contributed by atoms with Crippen LogP contribution in [0.2, 0.25) is 0 Å². The molecule has 2 rings (SSSR count). The highest BCUT2D eigenvalue weighted by Crippen LogP contribution is 2.40. The summed E-state index contributed by atoms with van der Waals surface area (Å²) in [5.41, 5.74) is 0. The molecule has 0 N–H and O–H groups in total. The Morgan fingerprint density at radius 3 is 2.10 bits per heavy atom. The van der Waals surface area contributed by atoms with Gasteiger partial charge < -0.3 is 4.90 Å². The predicted molar refractivity (Wildman–Crippen MR) is 39.0 cm³/mol. The maximum Gasteiger partial charge on any atom is 0.316 e. The normalized spacial score (nSPS) is 37.1. The third kappa shape index (κ3) is 0.823. The summed E-state index contributed by atoms with van der Waals surface area (Å²) >= 11 is 5.33. The van der Waals surface area contributed by atoms with Gasteiger partial charge in [0.1, 0.15) is 0 Å². The van der Waals surface area contributed by atoms with E-state index in [9.17, 15) is 4.79 Å². The van der Waals surface area contributed by atoms with Crippen molar-refractivity contribution >= 4 is 17.0 Å². The highest BCUT2D eigenvalue weighted by atomic mass is 35.5. The van der Waals surface area contributed by atoms with Crippen molar-refractivity contribution < 1.29 is 4.79 Å². The Kier molecular flexibility index (Phi) is 1.37. The molecule has 2 fully saturated rings. The number of rotatable bonds is 0. The number of hydrogen-bond donors (Lipinski definition) is 0. The van der Waals surface area contributed by atoms with Crippen molar-refractivity contribution in [2.45, 2.75) is 12.8 Å². The molecular weight excluding hydrogens is 150 g/mol. The monoisotopic (exact) mass is 159 g/mol. The fraction of sp³-hybridized carbons (Fsp3) is 0.857. The molecule has 0 radical (unpaired) electrons. The van der Waals surface area contributed by atoms with Gasteiger partial charge in [0.05, 0.1) is 0 Å². The quantitative estimate of drug-likeness (QED) is 0.389. The van der Waals surface area contributed by atoms with Gasteiger partial charge in [-0.25, -0.2) is 0 Å². The van der Waals surface area contributed by atoms with Crippen molar-refractivity contribution in [3.8, 4) is 0 Å². The first-order valence-corrected chi connectivity index (χ1v) is 4.09. The predicted octanol–water partition coefficient (Wildman–Crippen LogP) is 1.69. The number of fused-ring (bicyclic) bond motifs is 1. The number of halogens is 1. The minimum Gasteiger partial charge on any atom is -0.329 e. The van der Waals surface area contributed by atoms with Crippen LogP contribution in [-0.2, 0) is 0 Å². The molecule has 0 aromatic rings. The van der Waals surface area contributed by atoms with Gasteiger partial charge in [0.15, 0.2) is 0 Å². The lowest BCUT2D eigenvalue weighted by molar-refractivity contribution is 0.231. The Balaban J connectivity index is 1.98. The Labute approximate surface area is 65.1 Å². The highest BCUT2D eigenvalue weighted by molar-refractivity contribution is 6.62. The molecule has 2 aliphatic rings. The van der Waals surface area contributed by atoms with Crippen LogP contribution in [0.25, 0.3) is 0 Å². The van der Waals surface area contributed by atoms with Crippen molar-refractivity contribution in [3.63, 3.8) is 0 Å². The van der Waals surface area contributed by atoms with E-state index in [1.165, 1.54) is 12.8 Å². The Hall–Kier alpha value is -0.240. The summed E-state index contributed by atoms with van der Waals surface area (Å²) in [6.45, 7) is 1.82. The minimum absolute atomic E-state index is 0.269. The maximum absolute atomic E-state index is 10.7.